The van der Waals surface area contributed by atoms with Gasteiger partial charge in [0, 0.05) is 0 Å². The molecule has 0 spiro atoms. The molecule has 0 N–H and O–H groups in total. The molecule has 0 aliphatic heterocycles. The van der Waals surface area contributed by atoms with Crippen molar-refractivity contribution in [2.45, 2.75) is 27.7 Å². The average molecular weight is 242 g/mol. The van der Waals surface area contributed by atoms with Gasteiger partial charge < -0.3 is 0 Å². The van der Waals surface area contributed by atoms with Crippen molar-refractivity contribution in [2.75, 3.05) is 0 Å². The van der Waals surface area contributed by atoms with Gasteiger partial charge in [0.15, 0.2) is 0 Å². The Bertz CT molecular complexity index is 770. The molecular weight excluding hydrogens is 223 g/mol. The first-order valence-electron chi connectivity index (χ1n) is 6.49. The van der Waals surface area contributed by atoms with Crippen LogP contribution in [0, 0.1) is 27.7 Å². The van der Waals surface area contributed by atoms with E-state index in [1.807, 2.05) is 0 Å². The van der Waals surface area contributed by atoms with Crippen LogP contribution in [0.4, 0.5) is 0 Å². The Morgan fingerprint density at radius 1 is 0.579 bits per heavy atom. The van der Waals surface area contributed by atoms with Crippen LogP contribution in [0.25, 0.3) is 21.5 Å². The third kappa shape index (κ3) is 2.00. The molecule has 0 aliphatic rings. The summed E-state index contributed by atoms with van der Waals surface area (Å²) < 4.78 is 0. The summed E-state index contributed by atoms with van der Waals surface area (Å²) in [5.41, 5.74) is 5.69. The van der Waals surface area contributed by atoms with Crippen molar-refractivity contribution in [1.82, 2.24) is 0 Å². The summed E-state index contributed by atoms with van der Waals surface area (Å²) in [5, 5.41) is 5.53. The predicted octanol–water partition coefficient (Wildman–Crippen LogP) is 4.58. The average Bonchev–Trinajstić information content (AvgIpc) is 2.41. The zero-order valence-corrected chi connectivity index (χ0v) is 11.5. The van der Waals surface area contributed by atoms with E-state index in [0.29, 0.717) is 0 Å². The first kappa shape index (κ1) is 14.2. The first-order chi connectivity index (χ1) is 8.61. The molecule has 1 heteroatoms. The Kier molecular flexibility index (Phi) is 3.77. The van der Waals surface area contributed by atoms with Gasteiger partial charge in [-0.25, -0.2) is 0 Å². The van der Waals surface area contributed by atoms with Crippen LogP contribution in [0.15, 0.2) is 36.4 Å². The standard InChI is InChI=1S/C18H18.Li.H/c1-11-12(2)14(4)18-16(13(11)3)10-9-15-7-5-6-8-17(15)18;;/h5-10H,1-4H3;;. The molecule has 19 heavy (non-hydrogen) atoms. The molecule has 0 saturated heterocycles. The van der Waals surface area contributed by atoms with Crippen LogP contribution in [-0.2, 0) is 0 Å². The number of benzene rings is 3. The second-order valence-electron chi connectivity index (χ2n) is 5.21. The number of fused-ring (bicyclic) bond motifs is 3. The van der Waals surface area contributed by atoms with Crippen LogP contribution in [0.5, 0.6) is 0 Å². The predicted molar refractivity (Wildman–Crippen MR) is 87.6 cm³/mol. The Hall–Kier alpha value is -1.22. The molecule has 0 amide bonds. The molecule has 3 aromatic carbocycles. The SMILES string of the molecule is Cc1c(C)c(C)c2c(ccc3ccccc32)c1C.[LiH]. The van der Waals surface area contributed by atoms with E-state index in [1.165, 1.54) is 43.8 Å². The fourth-order valence-corrected chi connectivity index (χ4v) is 2.94. The number of rotatable bonds is 0. The molecule has 0 radical (unpaired) electrons. The fraction of sp³-hybridized carbons (Fsp3) is 0.222. The van der Waals surface area contributed by atoms with E-state index in [9.17, 15) is 0 Å². The van der Waals surface area contributed by atoms with Crippen LogP contribution in [0.3, 0.4) is 0 Å². The zero-order chi connectivity index (χ0) is 12.9. The van der Waals surface area contributed by atoms with Gasteiger partial charge in [-0.05, 0) is 71.5 Å². The van der Waals surface area contributed by atoms with E-state index in [4.69, 9.17) is 0 Å². The maximum absolute atomic E-state index is 2.27. The third-order valence-corrected chi connectivity index (χ3v) is 4.40. The molecule has 92 valence electrons. The molecule has 0 saturated carbocycles. The summed E-state index contributed by atoms with van der Waals surface area (Å²) in [6.45, 7) is 8.95. The Labute approximate surface area is 127 Å². The first-order valence-corrected chi connectivity index (χ1v) is 6.49. The van der Waals surface area contributed by atoms with E-state index < -0.39 is 0 Å². The molecule has 0 bridgehead atoms. The van der Waals surface area contributed by atoms with Crippen molar-refractivity contribution in [3.8, 4) is 0 Å². The molecule has 3 aromatic rings. The molecule has 0 aromatic heterocycles. The molecular formula is C18H19Li. The van der Waals surface area contributed by atoms with Gasteiger partial charge in [0.25, 0.3) is 0 Å². The molecule has 0 unspecified atom stereocenters. The van der Waals surface area contributed by atoms with Crippen LogP contribution >= 0.6 is 0 Å². The third-order valence-electron chi connectivity index (χ3n) is 4.40. The minimum absolute atomic E-state index is 0. The maximum atomic E-state index is 2.27. The van der Waals surface area contributed by atoms with Crippen molar-refractivity contribution >= 4 is 40.4 Å². The van der Waals surface area contributed by atoms with Gasteiger partial charge in [0.2, 0.25) is 0 Å². The Morgan fingerprint density at radius 2 is 1.21 bits per heavy atom. The second-order valence-corrected chi connectivity index (χ2v) is 5.21. The van der Waals surface area contributed by atoms with Crippen LogP contribution in [-0.4, -0.2) is 18.9 Å². The molecule has 0 atom stereocenters. The second kappa shape index (κ2) is 5.04. The molecule has 0 aliphatic carbocycles. The monoisotopic (exact) mass is 242 g/mol. The van der Waals surface area contributed by atoms with Gasteiger partial charge in [0.05, 0.1) is 0 Å². The van der Waals surface area contributed by atoms with Gasteiger partial charge in [-0.2, -0.15) is 0 Å². The molecule has 0 fully saturated rings. The van der Waals surface area contributed by atoms with Gasteiger partial charge in [0.1, 0.15) is 0 Å². The van der Waals surface area contributed by atoms with Crippen molar-refractivity contribution in [3.05, 3.63) is 58.7 Å². The van der Waals surface area contributed by atoms with Gasteiger partial charge >= 0.3 is 18.9 Å². The van der Waals surface area contributed by atoms with E-state index in [2.05, 4.69) is 64.1 Å². The topological polar surface area (TPSA) is 0 Å². The molecule has 3 rings (SSSR count). The zero-order valence-electron chi connectivity index (χ0n) is 11.5. The fourth-order valence-electron chi connectivity index (χ4n) is 2.94. The van der Waals surface area contributed by atoms with Gasteiger partial charge in [-0.15, -0.1) is 0 Å². The molecule has 0 nitrogen and oxygen atoms in total. The van der Waals surface area contributed by atoms with E-state index in [0.717, 1.165) is 0 Å². The number of aryl methyl sites for hydroxylation is 2. The van der Waals surface area contributed by atoms with E-state index in [1.54, 1.807) is 0 Å². The minimum atomic E-state index is 0. The van der Waals surface area contributed by atoms with Gasteiger partial charge in [-0.1, -0.05) is 36.4 Å². The number of hydrogen-bond acceptors (Lipinski definition) is 0. The van der Waals surface area contributed by atoms with Crippen molar-refractivity contribution in [3.63, 3.8) is 0 Å². The summed E-state index contributed by atoms with van der Waals surface area (Å²) in [5.74, 6) is 0. The van der Waals surface area contributed by atoms with Crippen LogP contribution < -0.4 is 0 Å². The number of hydrogen-bond donors (Lipinski definition) is 0. The van der Waals surface area contributed by atoms with Crippen molar-refractivity contribution < 1.29 is 0 Å². The van der Waals surface area contributed by atoms with Crippen LogP contribution in [0.1, 0.15) is 22.3 Å². The Morgan fingerprint density at radius 3 is 1.95 bits per heavy atom. The quantitative estimate of drug-likeness (QED) is 0.400. The summed E-state index contributed by atoms with van der Waals surface area (Å²) in [4.78, 5) is 0. The van der Waals surface area contributed by atoms with Crippen LogP contribution in [0.2, 0.25) is 0 Å². The normalized spacial score (nSPS) is 10.7. The molecule has 0 heterocycles. The summed E-state index contributed by atoms with van der Waals surface area (Å²) in [6.07, 6.45) is 0. The summed E-state index contributed by atoms with van der Waals surface area (Å²) in [6, 6.07) is 13.2. The Balaban J connectivity index is 0.00000133. The van der Waals surface area contributed by atoms with Crippen molar-refractivity contribution in [2.24, 2.45) is 0 Å². The summed E-state index contributed by atoms with van der Waals surface area (Å²) in [7, 11) is 0. The van der Waals surface area contributed by atoms with Crippen molar-refractivity contribution in [1.29, 1.82) is 0 Å². The summed E-state index contributed by atoms with van der Waals surface area (Å²) >= 11 is 0. The van der Waals surface area contributed by atoms with E-state index in [-0.39, 0.29) is 18.9 Å². The van der Waals surface area contributed by atoms with Gasteiger partial charge in [-0.3, -0.25) is 0 Å². The van der Waals surface area contributed by atoms with E-state index >= 15 is 0 Å².